The van der Waals surface area contributed by atoms with Crippen LogP contribution in [-0.2, 0) is 9.59 Å². The van der Waals surface area contributed by atoms with E-state index in [1.807, 2.05) is 0 Å². The highest BCUT2D eigenvalue weighted by Gasteiger charge is 2.37. The first kappa shape index (κ1) is 13.7. The number of benzene rings is 1. The highest BCUT2D eigenvalue weighted by Crippen LogP contribution is 2.33. The van der Waals surface area contributed by atoms with Crippen LogP contribution in [-0.4, -0.2) is 24.4 Å². The maximum absolute atomic E-state index is 12.1. The number of rotatable bonds is 3. The fourth-order valence-corrected chi connectivity index (χ4v) is 2.74. The van der Waals surface area contributed by atoms with Crippen LogP contribution in [0.1, 0.15) is 19.3 Å². The van der Waals surface area contributed by atoms with Crippen molar-refractivity contribution in [2.24, 2.45) is 5.92 Å². The second-order valence-electron chi connectivity index (χ2n) is 5.28. The highest BCUT2D eigenvalue weighted by atomic mass is 35.5. The highest BCUT2D eigenvalue weighted by molar-refractivity contribution is 6.35. The van der Waals surface area contributed by atoms with Gasteiger partial charge >= 0.3 is 0 Å². The molecule has 2 amide bonds. The second kappa shape index (κ2) is 5.26. The minimum Gasteiger partial charge on any atom is -0.353 e. The molecule has 1 aliphatic heterocycles. The lowest BCUT2D eigenvalue weighted by atomic mass is 10.1. The van der Waals surface area contributed by atoms with Gasteiger partial charge in [0.2, 0.25) is 11.8 Å². The molecule has 20 heavy (non-hydrogen) atoms. The van der Waals surface area contributed by atoms with E-state index >= 15 is 0 Å². The number of nitrogens with zero attached hydrogens (tertiary/aromatic N) is 1. The van der Waals surface area contributed by atoms with Gasteiger partial charge in [0.1, 0.15) is 0 Å². The van der Waals surface area contributed by atoms with E-state index in [1.54, 1.807) is 23.1 Å². The van der Waals surface area contributed by atoms with E-state index in [1.165, 1.54) is 0 Å². The number of hydrogen-bond acceptors (Lipinski definition) is 2. The Morgan fingerprint density at radius 3 is 2.75 bits per heavy atom. The van der Waals surface area contributed by atoms with Crippen molar-refractivity contribution in [1.82, 2.24) is 5.32 Å². The largest absolute Gasteiger partial charge is 0.353 e. The molecule has 1 aliphatic carbocycles. The molecular weight excluding hydrogens is 299 g/mol. The van der Waals surface area contributed by atoms with E-state index in [4.69, 9.17) is 23.2 Å². The van der Waals surface area contributed by atoms with Crippen LogP contribution in [0.25, 0.3) is 0 Å². The van der Waals surface area contributed by atoms with Gasteiger partial charge in [0.25, 0.3) is 0 Å². The van der Waals surface area contributed by atoms with Crippen molar-refractivity contribution < 1.29 is 9.59 Å². The molecule has 3 rings (SSSR count). The molecule has 1 aromatic carbocycles. The predicted molar refractivity (Wildman–Crippen MR) is 78.1 cm³/mol. The second-order valence-corrected chi connectivity index (χ2v) is 6.13. The molecule has 0 spiro atoms. The molecule has 1 atom stereocenters. The Bertz CT molecular complexity index is 572. The first-order chi connectivity index (χ1) is 9.54. The molecule has 0 aromatic heterocycles. The summed E-state index contributed by atoms with van der Waals surface area (Å²) in [5.74, 6) is -0.440. The average molecular weight is 313 g/mol. The summed E-state index contributed by atoms with van der Waals surface area (Å²) in [5.41, 5.74) is 0.575. The van der Waals surface area contributed by atoms with E-state index in [-0.39, 0.29) is 24.2 Å². The van der Waals surface area contributed by atoms with Gasteiger partial charge in [-0.05, 0) is 31.0 Å². The van der Waals surface area contributed by atoms with Crippen LogP contribution in [0.4, 0.5) is 5.69 Å². The Kier molecular flexibility index (Phi) is 3.61. The summed E-state index contributed by atoms with van der Waals surface area (Å²) in [5, 5.41) is 3.92. The van der Waals surface area contributed by atoms with E-state index in [2.05, 4.69) is 5.32 Å². The molecule has 1 saturated carbocycles. The molecule has 1 aromatic rings. The zero-order chi connectivity index (χ0) is 14.3. The number of carbonyl (C=O) groups excluding carboxylic acids is 2. The van der Waals surface area contributed by atoms with Crippen LogP contribution < -0.4 is 10.2 Å². The Hall–Kier alpha value is -1.26. The summed E-state index contributed by atoms with van der Waals surface area (Å²) < 4.78 is 0. The van der Waals surface area contributed by atoms with E-state index in [0.717, 1.165) is 12.8 Å². The zero-order valence-electron chi connectivity index (χ0n) is 10.7. The average Bonchev–Trinajstić information content (AvgIpc) is 3.13. The van der Waals surface area contributed by atoms with Gasteiger partial charge in [-0.3, -0.25) is 9.59 Å². The Balaban J connectivity index is 1.76. The summed E-state index contributed by atoms with van der Waals surface area (Å²) in [6.07, 6.45) is 2.30. The van der Waals surface area contributed by atoms with E-state index in [9.17, 15) is 9.59 Å². The van der Waals surface area contributed by atoms with Crippen LogP contribution in [0.5, 0.6) is 0 Å². The monoisotopic (exact) mass is 312 g/mol. The SMILES string of the molecule is O=C(NC1CC1)C1CC(=O)N(c2cc(Cl)ccc2Cl)C1. The van der Waals surface area contributed by atoms with E-state index < -0.39 is 0 Å². The normalized spacial score (nSPS) is 22.2. The molecule has 0 bridgehead atoms. The lowest BCUT2D eigenvalue weighted by molar-refractivity contribution is -0.126. The summed E-state index contributed by atoms with van der Waals surface area (Å²) in [6, 6.07) is 5.29. The van der Waals surface area contributed by atoms with Gasteiger partial charge in [0.05, 0.1) is 16.6 Å². The molecule has 0 radical (unpaired) electrons. The summed E-state index contributed by atoms with van der Waals surface area (Å²) >= 11 is 12.1. The molecule has 1 unspecified atom stereocenters. The molecule has 1 heterocycles. The van der Waals surface area contributed by atoms with Crippen molar-refractivity contribution >= 4 is 40.7 Å². The Labute approximate surface area is 127 Å². The first-order valence-electron chi connectivity index (χ1n) is 6.60. The van der Waals surface area contributed by atoms with Gasteiger partial charge in [-0.25, -0.2) is 0 Å². The van der Waals surface area contributed by atoms with Gasteiger partial charge in [-0.15, -0.1) is 0 Å². The molecular formula is C14H14Cl2N2O2. The lowest BCUT2D eigenvalue weighted by Gasteiger charge is -2.18. The smallest absolute Gasteiger partial charge is 0.227 e. The van der Waals surface area contributed by atoms with Crippen LogP contribution in [0.15, 0.2) is 18.2 Å². The standard InChI is InChI=1S/C14H14Cl2N2O2/c15-9-1-4-11(16)12(6-9)18-7-8(5-13(18)19)14(20)17-10-2-3-10/h1,4,6,8,10H,2-3,5,7H2,(H,17,20). The van der Waals surface area contributed by atoms with Crippen LogP contribution in [0, 0.1) is 5.92 Å². The predicted octanol–water partition coefficient (Wildman–Crippen LogP) is 2.62. The number of anilines is 1. The minimum atomic E-state index is -0.307. The third-order valence-electron chi connectivity index (χ3n) is 3.62. The van der Waals surface area contributed by atoms with Crippen LogP contribution >= 0.6 is 23.2 Å². The third kappa shape index (κ3) is 2.76. The fourth-order valence-electron chi connectivity index (χ4n) is 2.36. The van der Waals surface area contributed by atoms with Crippen molar-refractivity contribution in [1.29, 1.82) is 0 Å². The van der Waals surface area contributed by atoms with Gasteiger partial charge < -0.3 is 10.2 Å². The molecule has 4 nitrogen and oxygen atoms in total. The van der Waals surface area contributed by atoms with Crippen molar-refractivity contribution in [3.05, 3.63) is 28.2 Å². The van der Waals surface area contributed by atoms with E-state index in [0.29, 0.717) is 28.3 Å². The van der Waals surface area contributed by atoms with Gasteiger partial charge in [0.15, 0.2) is 0 Å². The van der Waals surface area contributed by atoms with Crippen molar-refractivity contribution in [3.63, 3.8) is 0 Å². The molecule has 6 heteroatoms. The summed E-state index contributed by atoms with van der Waals surface area (Å²) in [4.78, 5) is 25.7. The van der Waals surface area contributed by atoms with Crippen LogP contribution in [0.2, 0.25) is 10.0 Å². The number of nitrogens with one attached hydrogen (secondary N) is 1. The van der Waals surface area contributed by atoms with Crippen molar-refractivity contribution in [3.8, 4) is 0 Å². The fraction of sp³-hybridized carbons (Fsp3) is 0.429. The first-order valence-corrected chi connectivity index (χ1v) is 7.36. The number of amides is 2. The lowest BCUT2D eigenvalue weighted by Crippen LogP contribution is -2.34. The number of halogens is 2. The van der Waals surface area contributed by atoms with Crippen LogP contribution in [0.3, 0.4) is 0 Å². The maximum Gasteiger partial charge on any atom is 0.227 e. The number of hydrogen-bond donors (Lipinski definition) is 1. The minimum absolute atomic E-state index is 0.0403. The van der Waals surface area contributed by atoms with Crippen molar-refractivity contribution in [2.75, 3.05) is 11.4 Å². The van der Waals surface area contributed by atoms with Gasteiger partial charge in [-0.2, -0.15) is 0 Å². The van der Waals surface area contributed by atoms with Gasteiger partial charge in [-0.1, -0.05) is 23.2 Å². The molecule has 2 fully saturated rings. The summed E-state index contributed by atoms with van der Waals surface area (Å²) in [6.45, 7) is 0.359. The number of carbonyl (C=O) groups is 2. The van der Waals surface area contributed by atoms with Gasteiger partial charge in [0, 0.05) is 24.0 Å². The topological polar surface area (TPSA) is 49.4 Å². The van der Waals surface area contributed by atoms with Crippen molar-refractivity contribution in [2.45, 2.75) is 25.3 Å². The quantitative estimate of drug-likeness (QED) is 0.932. The molecule has 1 N–H and O–H groups in total. The third-order valence-corrected chi connectivity index (χ3v) is 4.17. The maximum atomic E-state index is 12.1. The molecule has 1 saturated heterocycles. The zero-order valence-corrected chi connectivity index (χ0v) is 12.2. The molecule has 106 valence electrons. The summed E-state index contributed by atoms with van der Waals surface area (Å²) in [7, 11) is 0. The molecule has 2 aliphatic rings. The Morgan fingerprint density at radius 2 is 2.05 bits per heavy atom. The Morgan fingerprint density at radius 1 is 1.30 bits per heavy atom.